The first-order valence-corrected chi connectivity index (χ1v) is 11.9. The minimum Gasteiger partial charge on any atom is -0.633 e. The Morgan fingerprint density at radius 3 is 1.05 bits per heavy atom. The Kier molecular flexibility index (Phi) is 11.6. The molecular weight excluding hydrogens is 604 g/mol. The van der Waals surface area contributed by atoms with Crippen molar-refractivity contribution in [2.45, 2.75) is 26.3 Å². The fourth-order valence-corrected chi connectivity index (χ4v) is 3.51. The minimum absolute atomic E-state index is 0.0629. The molecule has 1 heterocycles. The van der Waals surface area contributed by atoms with Gasteiger partial charge in [0.15, 0.2) is 0 Å². The van der Waals surface area contributed by atoms with Gasteiger partial charge in [-0.05, 0) is 20.8 Å². The van der Waals surface area contributed by atoms with Gasteiger partial charge < -0.3 is 20.1 Å². The summed E-state index contributed by atoms with van der Waals surface area (Å²) < 4.78 is -0.0629. The van der Waals surface area contributed by atoms with E-state index in [-0.39, 0.29) is 10.2 Å². The van der Waals surface area contributed by atoms with Crippen molar-refractivity contribution in [1.82, 2.24) is 4.90 Å². The van der Waals surface area contributed by atoms with Gasteiger partial charge in [-0.15, -0.1) is 0 Å². The Balaban J connectivity index is 0.000000334. The summed E-state index contributed by atoms with van der Waals surface area (Å²) in [6, 6.07) is 1.79. The lowest BCUT2D eigenvalue weighted by Crippen LogP contribution is -2.58. The van der Waals surface area contributed by atoms with Gasteiger partial charge in [-0.3, -0.25) is 65.6 Å². The largest absolute Gasteiger partial charge is 0.633 e. The maximum absolute atomic E-state index is 11.5. The number of aromatic hydroxyl groups is 2. The molecule has 0 bridgehead atoms. The molecule has 1 aliphatic heterocycles. The number of non-ortho nitro benzene ring substituents is 2. The van der Waals surface area contributed by atoms with Crippen LogP contribution >= 0.6 is 0 Å². The molecule has 0 aliphatic carbocycles. The van der Waals surface area contributed by atoms with Crippen molar-refractivity contribution in [3.63, 3.8) is 0 Å². The third-order valence-electron chi connectivity index (χ3n) is 5.95. The van der Waals surface area contributed by atoms with Gasteiger partial charge in [0, 0.05) is 18.6 Å². The summed E-state index contributed by atoms with van der Waals surface area (Å²) >= 11 is 0. The van der Waals surface area contributed by atoms with Crippen LogP contribution in [-0.2, 0) is 0 Å². The number of phenols is 2. The van der Waals surface area contributed by atoms with E-state index in [0.717, 1.165) is 26.2 Å². The number of quaternary nitrogens is 1. The smallest absolute Gasteiger partial charge is 0.324 e. The second-order valence-corrected chi connectivity index (χ2v) is 10.1. The molecule has 240 valence electrons. The van der Waals surface area contributed by atoms with Gasteiger partial charge in [-0.1, -0.05) is 0 Å². The summed E-state index contributed by atoms with van der Waals surface area (Å²) in [5.74, 6) is -2.42. The Hall–Kier alpha value is -5.68. The number of nitro benzene ring substituents is 6. The number of hydrogen-bond donors (Lipinski definition) is 2. The first kappa shape index (κ1) is 36.3. The summed E-state index contributed by atoms with van der Waals surface area (Å²) in [4.78, 5) is 57.9. The summed E-state index contributed by atoms with van der Waals surface area (Å²) in [7, 11) is 1.76. The van der Waals surface area contributed by atoms with Crippen molar-refractivity contribution in [3.05, 3.63) is 90.2 Å². The highest BCUT2D eigenvalue weighted by Crippen LogP contribution is 2.40. The summed E-state index contributed by atoms with van der Waals surface area (Å²) in [6.45, 7) is 9.94. The average molecular weight is 630 g/mol. The van der Waals surface area contributed by atoms with Crippen molar-refractivity contribution in [2.24, 2.45) is 0 Å². The highest BCUT2D eigenvalue weighted by Gasteiger charge is 2.31. The topological polar surface area (TPSA) is 326 Å². The fraction of sp³-hybridized carbons (Fsp3) is 0.429. The number of phenolic OH excluding ortho intramolecular Hbond substituents is 2. The van der Waals surface area contributed by atoms with Gasteiger partial charge in [0.25, 0.3) is 22.9 Å². The molecule has 1 saturated heterocycles. The van der Waals surface area contributed by atoms with Crippen molar-refractivity contribution < 1.29 is 44.4 Å². The molecule has 0 aromatic heterocycles. The van der Waals surface area contributed by atoms with E-state index < -0.39 is 75.2 Å². The first-order chi connectivity index (χ1) is 20.0. The van der Waals surface area contributed by atoms with Crippen LogP contribution in [0.1, 0.15) is 20.8 Å². The standard InChI is InChI=1S/C9H20N2O.2C6H3N3O7/c1-9(2,3)10-5-7-11(4,12)8-6-10;2*10-6-4(8(13)14)1-3(7(11)12)2-5(6)9(15)16/h5-8H2,1-4H3;2*1-2,10H. The van der Waals surface area contributed by atoms with Crippen LogP contribution in [0.3, 0.4) is 0 Å². The lowest BCUT2D eigenvalue weighted by Gasteiger charge is -2.48. The molecule has 2 N–H and O–H groups in total. The molecular formula is C21H26N8O15. The number of rotatable bonds is 6. The molecule has 2 aromatic carbocycles. The summed E-state index contributed by atoms with van der Waals surface area (Å²) in [5, 5.41) is 91.9. The summed E-state index contributed by atoms with van der Waals surface area (Å²) in [5.41, 5.74) is -5.78. The van der Waals surface area contributed by atoms with Crippen LogP contribution in [0.2, 0.25) is 0 Å². The Morgan fingerprint density at radius 2 is 0.864 bits per heavy atom. The third-order valence-corrected chi connectivity index (χ3v) is 5.95. The van der Waals surface area contributed by atoms with Gasteiger partial charge in [-0.2, -0.15) is 0 Å². The molecule has 1 aliphatic rings. The van der Waals surface area contributed by atoms with Gasteiger partial charge in [-0.25, -0.2) is 0 Å². The molecule has 0 saturated carbocycles. The number of likely N-dealkylation sites (N-methyl/N-ethyl adjacent to an activating group) is 1. The molecule has 0 spiro atoms. The molecule has 1 fully saturated rings. The number of piperazine rings is 1. The Bertz CT molecular complexity index is 1320. The van der Waals surface area contributed by atoms with E-state index in [0.29, 0.717) is 24.3 Å². The predicted molar refractivity (Wildman–Crippen MR) is 147 cm³/mol. The highest BCUT2D eigenvalue weighted by atomic mass is 16.7. The molecule has 0 radical (unpaired) electrons. The van der Waals surface area contributed by atoms with E-state index in [1.165, 1.54) is 0 Å². The van der Waals surface area contributed by atoms with Crippen LogP contribution in [0.25, 0.3) is 0 Å². The fourth-order valence-electron chi connectivity index (χ4n) is 3.51. The highest BCUT2D eigenvalue weighted by molar-refractivity contribution is 5.65. The van der Waals surface area contributed by atoms with Crippen LogP contribution in [0.15, 0.2) is 24.3 Å². The second-order valence-electron chi connectivity index (χ2n) is 10.1. The lowest BCUT2D eigenvalue weighted by molar-refractivity contribution is -0.865. The first-order valence-electron chi connectivity index (χ1n) is 11.9. The zero-order valence-corrected chi connectivity index (χ0v) is 23.4. The van der Waals surface area contributed by atoms with Gasteiger partial charge in [0.05, 0.1) is 73.9 Å². The summed E-state index contributed by atoms with van der Waals surface area (Å²) in [6.07, 6.45) is 0. The number of nitrogens with zero attached hydrogens (tertiary/aromatic N) is 8. The maximum atomic E-state index is 11.5. The number of benzene rings is 2. The molecule has 23 heteroatoms. The Labute approximate surface area is 245 Å². The van der Waals surface area contributed by atoms with Crippen LogP contribution in [0.4, 0.5) is 34.1 Å². The molecule has 0 unspecified atom stereocenters. The minimum atomic E-state index is -1.21. The second kappa shape index (κ2) is 14.0. The van der Waals surface area contributed by atoms with Crippen LogP contribution in [-0.4, -0.2) is 88.1 Å². The predicted octanol–water partition coefficient (Wildman–Crippen LogP) is 3.28. The van der Waals surface area contributed by atoms with Gasteiger partial charge in [0.2, 0.25) is 0 Å². The van der Waals surface area contributed by atoms with Gasteiger partial charge >= 0.3 is 22.7 Å². The number of hydrogen-bond acceptors (Lipinski definition) is 16. The molecule has 23 nitrogen and oxygen atoms in total. The quantitative estimate of drug-likeness (QED) is 0.200. The number of nitro groups is 6. The molecule has 44 heavy (non-hydrogen) atoms. The van der Waals surface area contributed by atoms with Crippen LogP contribution in [0, 0.1) is 65.9 Å². The zero-order chi connectivity index (χ0) is 34.3. The van der Waals surface area contributed by atoms with Crippen LogP contribution in [0.5, 0.6) is 11.5 Å². The van der Waals surface area contributed by atoms with Crippen LogP contribution < -0.4 is 0 Å². The van der Waals surface area contributed by atoms with E-state index in [4.69, 9.17) is 10.2 Å². The monoisotopic (exact) mass is 630 g/mol. The SMILES string of the molecule is CC(C)(C)N1CC[N+](C)([O-])CC1.O=[N+]([O-])c1cc([N+](=O)[O-])c(O)c([N+](=O)[O-])c1.O=[N+]([O-])c1cc([N+](=O)[O-])c(O)c([N+](=O)[O-])c1. The van der Waals surface area contributed by atoms with Crippen molar-refractivity contribution in [1.29, 1.82) is 0 Å². The average Bonchev–Trinajstić information content (AvgIpc) is 2.87. The van der Waals surface area contributed by atoms with E-state index in [9.17, 15) is 65.9 Å². The van der Waals surface area contributed by atoms with E-state index in [1.807, 2.05) is 0 Å². The van der Waals surface area contributed by atoms with Gasteiger partial charge in [0.1, 0.15) is 0 Å². The lowest BCUT2D eigenvalue weighted by atomic mass is 10.1. The molecule has 0 atom stereocenters. The number of hydroxylamine groups is 3. The Morgan fingerprint density at radius 1 is 0.614 bits per heavy atom. The van der Waals surface area contributed by atoms with E-state index in [2.05, 4.69) is 25.7 Å². The molecule has 2 aromatic rings. The third kappa shape index (κ3) is 9.71. The van der Waals surface area contributed by atoms with E-state index >= 15 is 0 Å². The van der Waals surface area contributed by atoms with E-state index in [1.54, 1.807) is 7.05 Å². The molecule has 3 rings (SSSR count). The zero-order valence-electron chi connectivity index (χ0n) is 23.4. The van der Waals surface area contributed by atoms with Crippen molar-refractivity contribution in [3.8, 4) is 11.5 Å². The maximum Gasteiger partial charge on any atom is 0.324 e. The molecule has 0 amide bonds. The normalized spacial score (nSPS) is 14.1. The van der Waals surface area contributed by atoms with Crippen molar-refractivity contribution in [2.75, 3.05) is 33.2 Å². The van der Waals surface area contributed by atoms with Crippen molar-refractivity contribution >= 4 is 34.1 Å².